The molecule has 19 heavy (non-hydrogen) atoms. The summed E-state index contributed by atoms with van der Waals surface area (Å²) in [6.45, 7) is 1.82. The molecule has 1 aromatic carbocycles. The molecule has 2 nitrogen and oxygen atoms in total. The van der Waals surface area contributed by atoms with Gasteiger partial charge < -0.3 is 0 Å². The lowest BCUT2D eigenvalue weighted by molar-refractivity contribution is 0.0949. The second-order valence-corrected chi connectivity index (χ2v) is 5.46. The lowest BCUT2D eigenvalue weighted by Gasteiger charge is -2.28. The lowest BCUT2D eigenvalue weighted by atomic mass is 9.81. The molecule has 0 fully saturated rings. The van der Waals surface area contributed by atoms with Gasteiger partial charge in [0.05, 0.1) is 5.92 Å². The first kappa shape index (κ1) is 14.0. The van der Waals surface area contributed by atoms with Crippen LogP contribution in [0.25, 0.3) is 0 Å². The van der Waals surface area contributed by atoms with Gasteiger partial charge in [-0.2, -0.15) is 0 Å². The van der Waals surface area contributed by atoms with E-state index in [1.165, 1.54) is 12.2 Å². The Morgan fingerprint density at radius 3 is 2.68 bits per heavy atom. The van der Waals surface area contributed by atoms with Gasteiger partial charge in [0.2, 0.25) is 6.29 Å². The number of allylic oxidation sites excluding steroid dienone is 4. The molecule has 0 bridgehead atoms. The van der Waals surface area contributed by atoms with Crippen molar-refractivity contribution in [1.29, 1.82) is 0 Å². The third-order valence-corrected chi connectivity index (χ3v) is 3.86. The zero-order chi connectivity index (χ0) is 14.0. The minimum Gasteiger partial charge on any atom is -0.292 e. The number of benzene rings is 1. The van der Waals surface area contributed by atoms with Crippen molar-refractivity contribution >= 4 is 35.3 Å². The maximum atomic E-state index is 12.6. The van der Waals surface area contributed by atoms with Gasteiger partial charge in [-0.05, 0) is 24.6 Å². The number of carbonyl (C=O) groups is 1. The number of halogens is 2. The van der Waals surface area contributed by atoms with Gasteiger partial charge in [0.25, 0.3) is 0 Å². The van der Waals surface area contributed by atoms with Crippen molar-refractivity contribution in [2.24, 2.45) is 5.92 Å². The smallest absolute Gasteiger partial charge is 0.208 e. The molecule has 1 aromatic rings. The molecule has 0 spiro atoms. The SMILES string of the molecule is Cc1ccccc1C(=O)C1(Cl)C=C(Cl)C=CC1[C]=O. The number of hydrogen-bond acceptors (Lipinski definition) is 2. The van der Waals surface area contributed by atoms with Gasteiger partial charge in [-0.3, -0.25) is 9.59 Å². The van der Waals surface area contributed by atoms with E-state index in [1.54, 1.807) is 24.5 Å². The summed E-state index contributed by atoms with van der Waals surface area (Å²) in [5.41, 5.74) is 1.28. The molecule has 2 rings (SSSR count). The van der Waals surface area contributed by atoms with Crippen LogP contribution in [0.1, 0.15) is 15.9 Å². The number of rotatable bonds is 3. The highest BCUT2D eigenvalue weighted by molar-refractivity contribution is 6.42. The summed E-state index contributed by atoms with van der Waals surface area (Å²) in [6.07, 6.45) is 6.24. The molecule has 0 N–H and O–H groups in total. The Bertz CT molecular complexity index is 590. The molecule has 2 unspecified atom stereocenters. The minimum atomic E-state index is -1.50. The van der Waals surface area contributed by atoms with E-state index < -0.39 is 10.8 Å². The molecule has 1 aliphatic carbocycles. The van der Waals surface area contributed by atoms with E-state index in [0.717, 1.165) is 5.56 Å². The first-order valence-electron chi connectivity index (χ1n) is 5.72. The van der Waals surface area contributed by atoms with Crippen LogP contribution in [0.4, 0.5) is 0 Å². The number of aryl methyl sites for hydroxylation is 1. The van der Waals surface area contributed by atoms with Gasteiger partial charge in [0.1, 0.15) is 4.87 Å². The second-order valence-electron chi connectivity index (χ2n) is 4.40. The van der Waals surface area contributed by atoms with Crippen molar-refractivity contribution in [1.82, 2.24) is 0 Å². The molecular formula is C15H11Cl2O2. The maximum Gasteiger partial charge on any atom is 0.208 e. The quantitative estimate of drug-likeness (QED) is 0.631. The summed E-state index contributed by atoms with van der Waals surface area (Å²) in [6, 6.07) is 7.09. The number of carbonyl (C=O) groups excluding carboxylic acids is 2. The van der Waals surface area contributed by atoms with Gasteiger partial charge in [0.15, 0.2) is 5.78 Å². The van der Waals surface area contributed by atoms with E-state index in [9.17, 15) is 9.59 Å². The van der Waals surface area contributed by atoms with E-state index in [2.05, 4.69) is 0 Å². The van der Waals surface area contributed by atoms with Crippen molar-refractivity contribution in [2.45, 2.75) is 11.8 Å². The number of ketones is 1. The molecule has 0 saturated carbocycles. The Morgan fingerprint density at radius 1 is 1.37 bits per heavy atom. The van der Waals surface area contributed by atoms with Gasteiger partial charge in [-0.25, -0.2) is 0 Å². The Morgan fingerprint density at radius 2 is 2.05 bits per heavy atom. The third-order valence-electron chi connectivity index (χ3n) is 3.11. The molecule has 0 heterocycles. The molecule has 0 amide bonds. The molecule has 2 atom stereocenters. The van der Waals surface area contributed by atoms with E-state index in [0.29, 0.717) is 10.6 Å². The van der Waals surface area contributed by atoms with Crippen molar-refractivity contribution in [3.63, 3.8) is 0 Å². The molecule has 0 aromatic heterocycles. The number of Topliss-reactive ketones (excluding diaryl/α,β-unsaturated/α-hetero) is 1. The van der Waals surface area contributed by atoms with Crippen LogP contribution >= 0.6 is 23.2 Å². The first-order chi connectivity index (χ1) is 8.99. The average molecular weight is 294 g/mol. The fourth-order valence-corrected chi connectivity index (χ4v) is 2.67. The van der Waals surface area contributed by atoms with Crippen LogP contribution in [0.5, 0.6) is 0 Å². The van der Waals surface area contributed by atoms with Crippen LogP contribution in [-0.2, 0) is 4.79 Å². The monoisotopic (exact) mass is 293 g/mol. The second kappa shape index (κ2) is 5.32. The van der Waals surface area contributed by atoms with E-state index >= 15 is 0 Å². The fourth-order valence-electron chi connectivity index (χ4n) is 2.03. The van der Waals surface area contributed by atoms with Crippen LogP contribution in [0.2, 0.25) is 0 Å². The molecule has 1 aliphatic rings. The Balaban J connectivity index is 2.50. The zero-order valence-electron chi connectivity index (χ0n) is 10.2. The highest BCUT2D eigenvalue weighted by Crippen LogP contribution is 2.37. The van der Waals surface area contributed by atoms with Crippen molar-refractivity contribution in [2.75, 3.05) is 0 Å². The van der Waals surface area contributed by atoms with Crippen LogP contribution in [0, 0.1) is 12.8 Å². The number of alkyl halides is 1. The Kier molecular flexibility index (Phi) is 3.93. The van der Waals surface area contributed by atoms with Crippen molar-refractivity contribution < 1.29 is 9.59 Å². The molecular weight excluding hydrogens is 283 g/mol. The molecule has 0 aliphatic heterocycles. The summed E-state index contributed by atoms with van der Waals surface area (Å²) in [5, 5.41) is 0.337. The van der Waals surface area contributed by atoms with Crippen LogP contribution < -0.4 is 0 Å². The Hall–Kier alpha value is -1.38. The summed E-state index contributed by atoms with van der Waals surface area (Å²) in [4.78, 5) is 22.1. The maximum absolute atomic E-state index is 12.6. The van der Waals surface area contributed by atoms with Gasteiger partial charge in [0, 0.05) is 10.6 Å². The normalized spacial score (nSPS) is 25.8. The summed E-state index contributed by atoms with van der Waals surface area (Å²) in [5.74, 6) is -1.19. The van der Waals surface area contributed by atoms with Crippen molar-refractivity contribution in [3.05, 3.63) is 58.7 Å². The average Bonchev–Trinajstić information content (AvgIpc) is 2.38. The number of hydrogen-bond donors (Lipinski definition) is 0. The molecule has 1 radical (unpaired) electrons. The molecule has 4 heteroatoms. The van der Waals surface area contributed by atoms with Gasteiger partial charge in [-0.15, -0.1) is 11.6 Å². The predicted molar refractivity (Wildman–Crippen MR) is 76.4 cm³/mol. The lowest BCUT2D eigenvalue weighted by Crippen LogP contribution is -2.40. The van der Waals surface area contributed by atoms with Crippen molar-refractivity contribution in [3.8, 4) is 0 Å². The van der Waals surface area contributed by atoms with E-state index in [1.807, 2.05) is 19.1 Å². The molecule has 0 saturated heterocycles. The standard InChI is InChI=1S/C15H11Cl2O2/c1-10-4-2-3-5-13(10)14(19)15(17)8-12(16)7-6-11(15)9-18/h2-8,11H,1H3. The van der Waals surface area contributed by atoms with Crippen LogP contribution in [-0.4, -0.2) is 16.9 Å². The van der Waals surface area contributed by atoms with Gasteiger partial charge in [-0.1, -0.05) is 41.9 Å². The van der Waals surface area contributed by atoms with Crippen LogP contribution in [0.15, 0.2) is 47.5 Å². The summed E-state index contributed by atoms with van der Waals surface area (Å²) < 4.78 is 0. The highest BCUT2D eigenvalue weighted by atomic mass is 35.5. The minimum absolute atomic E-state index is 0.337. The van der Waals surface area contributed by atoms with E-state index in [4.69, 9.17) is 23.2 Å². The third kappa shape index (κ3) is 2.51. The van der Waals surface area contributed by atoms with Crippen LogP contribution in [0.3, 0.4) is 0 Å². The van der Waals surface area contributed by atoms with E-state index in [-0.39, 0.29) is 5.78 Å². The fraction of sp³-hybridized carbons (Fsp3) is 0.200. The topological polar surface area (TPSA) is 34.1 Å². The predicted octanol–water partition coefficient (Wildman–Crippen LogP) is 3.57. The summed E-state index contributed by atoms with van der Waals surface area (Å²) in [7, 11) is 0. The first-order valence-corrected chi connectivity index (χ1v) is 6.48. The summed E-state index contributed by atoms with van der Waals surface area (Å²) >= 11 is 12.3. The largest absolute Gasteiger partial charge is 0.292 e. The Labute approximate surface area is 121 Å². The highest BCUT2D eigenvalue weighted by Gasteiger charge is 2.44. The molecule has 97 valence electrons. The van der Waals surface area contributed by atoms with Gasteiger partial charge >= 0.3 is 0 Å². The zero-order valence-corrected chi connectivity index (χ0v) is 11.7.